The molecular weight excluding hydrogens is 454 g/mol. The molecule has 2 aromatic carbocycles. The highest BCUT2D eigenvalue weighted by Gasteiger charge is 2.39. The maximum atomic E-state index is 12.7. The Morgan fingerprint density at radius 2 is 1.46 bits per heavy atom. The first-order valence-corrected chi connectivity index (χ1v) is 13.3. The molecule has 0 saturated carbocycles. The van der Waals surface area contributed by atoms with E-state index in [0.717, 1.165) is 32.1 Å². The summed E-state index contributed by atoms with van der Waals surface area (Å²) in [5.74, 6) is -0.728. The van der Waals surface area contributed by atoms with Crippen LogP contribution in [0.3, 0.4) is 0 Å². The molecule has 3 rings (SSSR count). The lowest BCUT2D eigenvalue weighted by atomic mass is 9.84. The summed E-state index contributed by atoms with van der Waals surface area (Å²) in [5, 5.41) is 0.467. The number of rotatable bonds is 8. The molecule has 0 aromatic heterocycles. The van der Waals surface area contributed by atoms with Crippen LogP contribution in [0.4, 0.5) is 0 Å². The lowest BCUT2D eigenvalue weighted by Gasteiger charge is -2.37. The maximum absolute atomic E-state index is 12.7. The van der Waals surface area contributed by atoms with Gasteiger partial charge in [0.15, 0.2) is 5.05 Å². The van der Waals surface area contributed by atoms with Crippen molar-refractivity contribution in [3.8, 4) is 11.1 Å². The van der Waals surface area contributed by atoms with E-state index >= 15 is 0 Å². The van der Waals surface area contributed by atoms with E-state index in [4.69, 9.17) is 17.0 Å². The van der Waals surface area contributed by atoms with Crippen LogP contribution in [0.5, 0.6) is 0 Å². The van der Waals surface area contributed by atoms with Gasteiger partial charge in [0.25, 0.3) is 5.91 Å². The number of amides is 1. The van der Waals surface area contributed by atoms with E-state index in [0.29, 0.717) is 18.0 Å². The quantitative estimate of drug-likeness (QED) is 0.286. The largest absolute Gasteiger partial charge is 0.482 e. The van der Waals surface area contributed by atoms with Gasteiger partial charge in [0.2, 0.25) is 5.78 Å². The number of carbonyl (C=O) groups excluding carboxylic acids is 2. The molecule has 190 valence electrons. The second kappa shape index (κ2) is 14.1. The minimum Gasteiger partial charge on any atom is -0.482 e. The molecule has 1 aliphatic heterocycles. The molecule has 0 N–H and O–H groups in total. The molecule has 0 spiro atoms. The number of nitrogens with zero attached hydrogens (tertiary/aromatic N) is 1. The zero-order valence-electron chi connectivity index (χ0n) is 22.0. The van der Waals surface area contributed by atoms with Crippen molar-refractivity contribution in [1.29, 1.82) is 0 Å². The third-order valence-corrected chi connectivity index (χ3v) is 7.17. The van der Waals surface area contributed by atoms with Crippen LogP contribution in [0.2, 0.25) is 0 Å². The summed E-state index contributed by atoms with van der Waals surface area (Å²) in [6.07, 6.45) is 5.21. The van der Waals surface area contributed by atoms with Gasteiger partial charge < -0.3 is 9.64 Å². The van der Waals surface area contributed by atoms with Gasteiger partial charge in [-0.2, -0.15) is 0 Å². The molecule has 2 aromatic rings. The van der Waals surface area contributed by atoms with E-state index in [1.165, 1.54) is 11.1 Å². The normalized spacial score (nSPS) is 15.7. The highest BCUT2D eigenvalue weighted by Crippen LogP contribution is 2.26. The van der Waals surface area contributed by atoms with Crippen molar-refractivity contribution in [1.82, 2.24) is 4.90 Å². The molecule has 1 fully saturated rings. The number of likely N-dealkylation sites (tertiary alicyclic amines) is 1. The molecule has 1 aliphatic rings. The first-order valence-electron chi connectivity index (χ1n) is 12.9. The number of Topliss-reactive ketones (excluding diaryl/α,β-unsaturated/α-hetero) is 1. The minimum absolute atomic E-state index is 0.0872. The van der Waals surface area contributed by atoms with E-state index in [2.05, 4.69) is 62.4 Å². The fourth-order valence-electron chi connectivity index (χ4n) is 3.96. The van der Waals surface area contributed by atoms with E-state index < -0.39 is 11.3 Å². The maximum Gasteiger partial charge on any atom is 0.291 e. The molecule has 1 heterocycles. The molecule has 0 bridgehead atoms. The average Bonchev–Trinajstić information content (AvgIpc) is 2.92. The van der Waals surface area contributed by atoms with Crippen molar-refractivity contribution in [2.75, 3.05) is 6.54 Å². The van der Waals surface area contributed by atoms with Crippen molar-refractivity contribution >= 4 is 29.0 Å². The number of hydrogen-bond acceptors (Lipinski definition) is 4. The highest BCUT2D eigenvalue weighted by atomic mass is 32.1. The Kier molecular flexibility index (Phi) is 11.6. The Bertz CT molecular complexity index is 901. The second-order valence-electron chi connectivity index (χ2n) is 9.68. The summed E-state index contributed by atoms with van der Waals surface area (Å²) in [5.41, 5.74) is 1.92. The van der Waals surface area contributed by atoms with Crippen LogP contribution in [-0.4, -0.2) is 40.3 Å². The molecule has 1 atom stereocenters. The predicted molar refractivity (Wildman–Crippen MR) is 148 cm³/mol. The van der Waals surface area contributed by atoms with Crippen LogP contribution in [0, 0.1) is 5.41 Å². The Morgan fingerprint density at radius 3 is 1.91 bits per heavy atom. The van der Waals surface area contributed by atoms with E-state index in [1.54, 1.807) is 4.90 Å². The van der Waals surface area contributed by atoms with Gasteiger partial charge >= 0.3 is 0 Å². The molecule has 4 nitrogen and oxygen atoms in total. The average molecular weight is 496 g/mol. The second-order valence-corrected chi connectivity index (χ2v) is 10.1. The Labute approximate surface area is 217 Å². The third kappa shape index (κ3) is 8.28. The van der Waals surface area contributed by atoms with Gasteiger partial charge in [0.05, 0.1) is 6.10 Å². The molecule has 35 heavy (non-hydrogen) atoms. The van der Waals surface area contributed by atoms with Crippen LogP contribution in [-0.2, 0) is 14.3 Å². The lowest BCUT2D eigenvalue weighted by molar-refractivity contribution is -0.150. The number of piperidine rings is 1. The fourth-order valence-corrected chi connectivity index (χ4v) is 4.34. The zero-order chi connectivity index (χ0) is 25.8. The Hall–Kier alpha value is -2.53. The summed E-state index contributed by atoms with van der Waals surface area (Å²) < 4.78 is 5.89. The van der Waals surface area contributed by atoms with Crippen LogP contribution >= 0.6 is 12.2 Å². The van der Waals surface area contributed by atoms with Crippen LogP contribution < -0.4 is 0 Å². The number of thiocarbonyl (C=S) groups is 1. The number of ketones is 1. The number of carbonyl (C=O) groups is 2. The van der Waals surface area contributed by atoms with Gasteiger partial charge in [0.1, 0.15) is 6.04 Å². The van der Waals surface area contributed by atoms with Crippen molar-refractivity contribution in [3.05, 3.63) is 60.7 Å². The monoisotopic (exact) mass is 495 g/mol. The van der Waals surface area contributed by atoms with Gasteiger partial charge in [-0.25, -0.2) is 0 Å². The van der Waals surface area contributed by atoms with Gasteiger partial charge in [0, 0.05) is 12.0 Å². The summed E-state index contributed by atoms with van der Waals surface area (Å²) in [6.45, 7) is 10.3. The van der Waals surface area contributed by atoms with Gasteiger partial charge in [-0.05, 0) is 61.9 Å². The van der Waals surface area contributed by atoms with Crippen molar-refractivity contribution in [2.45, 2.75) is 85.3 Å². The van der Waals surface area contributed by atoms with E-state index in [-0.39, 0.29) is 17.9 Å². The smallest absolute Gasteiger partial charge is 0.291 e. The van der Waals surface area contributed by atoms with E-state index in [1.807, 2.05) is 32.9 Å². The van der Waals surface area contributed by atoms with Crippen molar-refractivity contribution in [2.24, 2.45) is 5.41 Å². The molecule has 0 aliphatic carbocycles. The molecular formula is C30H41NO3S. The molecule has 1 unspecified atom stereocenters. The Morgan fingerprint density at radius 1 is 0.943 bits per heavy atom. The number of ether oxygens (including phenoxy) is 1. The summed E-state index contributed by atoms with van der Waals surface area (Å²) in [7, 11) is 0. The molecule has 1 amide bonds. The highest BCUT2D eigenvalue weighted by molar-refractivity contribution is 7.80. The topological polar surface area (TPSA) is 46.6 Å². The van der Waals surface area contributed by atoms with Crippen LogP contribution in [0.15, 0.2) is 60.7 Å². The summed E-state index contributed by atoms with van der Waals surface area (Å²) in [4.78, 5) is 26.9. The number of benzene rings is 2. The Balaban J connectivity index is 0.000000298. The number of hydrogen-bond donors (Lipinski definition) is 0. The van der Waals surface area contributed by atoms with Crippen molar-refractivity contribution < 1.29 is 14.3 Å². The van der Waals surface area contributed by atoms with Gasteiger partial charge in [-0.15, -0.1) is 0 Å². The first kappa shape index (κ1) is 28.7. The zero-order valence-corrected chi connectivity index (χ0v) is 22.8. The summed E-state index contributed by atoms with van der Waals surface area (Å²) in [6, 6.07) is 20.5. The fraction of sp³-hybridized carbons (Fsp3) is 0.500. The minimum atomic E-state index is -0.628. The van der Waals surface area contributed by atoms with Crippen molar-refractivity contribution in [3.63, 3.8) is 0 Å². The standard InChI is InChI=1S/C18H31NO3S.C12H10/c1-6-13(7-2)22-17(23)14-11-9-10-12-19(14)16(21)15(20)18(4,5)8-3;1-3-7-11(8-4-1)12-9-5-2-6-10-12/h13-14H,6-12H2,1-5H3;1-10H. The van der Waals surface area contributed by atoms with E-state index in [9.17, 15) is 9.59 Å². The van der Waals surface area contributed by atoms with Crippen LogP contribution in [0.1, 0.15) is 73.1 Å². The molecule has 1 saturated heterocycles. The van der Waals surface area contributed by atoms with Gasteiger partial charge in [-0.1, -0.05) is 95.3 Å². The SMILES string of the molecule is CCC(CC)OC(=S)C1CCCCN1C(=O)C(=O)C(C)(C)CC.c1ccc(-c2ccccc2)cc1. The molecule has 5 heteroatoms. The third-order valence-electron chi connectivity index (χ3n) is 6.80. The summed E-state index contributed by atoms with van der Waals surface area (Å²) >= 11 is 5.46. The predicted octanol–water partition coefficient (Wildman–Crippen LogP) is 7.26. The molecule has 0 radical (unpaired) electrons. The van der Waals surface area contributed by atoms with Gasteiger partial charge in [-0.3, -0.25) is 9.59 Å². The first-order chi connectivity index (χ1) is 16.7. The van der Waals surface area contributed by atoms with Crippen LogP contribution in [0.25, 0.3) is 11.1 Å². The lowest BCUT2D eigenvalue weighted by Crippen LogP contribution is -2.53.